The molecule has 1 spiro atoms. The lowest BCUT2D eigenvalue weighted by molar-refractivity contribution is -0.163. The third-order valence-corrected chi connectivity index (χ3v) is 3.80. The molecule has 1 aromatic carbocycles. The predicted octanol–water partition coefficient (Wildman–Crippen LogP) is 1.94. The van der Waals surface area contributed by atoms with Crippen molar-refractivity contribution >= 4 is 6.09 Å². The van der Waals surface area contributed by atoms with E-state index in [1.165, 1.54) is 10.5 Å². The first-order valence-electron chi connectivity index (χ1n) is 6.45. The van der Waals surface area contributed by atoms with E-state index in [0.717, 1.165) is 24.0 Å². The average Bonchev–Trinajstić information content (AvgIpc) is 2.99. The first-order valence-corrected chi connectivity index (χ1v) is 6.45. The number of rotatable bonds is 2. The molecular formula is C14H17NO4. The van der Waals surface area contributed by atoms with E-state index in [1.54, 1.807) is 7.05 Å². The summed E-state index contributed by atoms with van der Waals surface area (Å²) in [6.07, 6.45) is 0.847. The van der Waals surface area contributed by atoms with Crippen molar-refractivity contribution < 1.29 is 19.4 Å². The highest BCUT2D eigenvalue weighted by molar-refractivity contribution is 5.64. The fourth-order valence-corrected chi connectivity index (χ4v) is 2.85. The number of nitrogens with zero attached hydrogens (tertiary/aromatic N) is 1. The van der Waals surface area contributed by atoms with Crippen LogP contribution in [0.2, 0.25) is 0 Å². The Morgan fingerprint density at radius 2 is 2.16 bits per heavy atom. The highest BCUT2D eigenvalue weighted by Gasteiger charge is 2.43. The molecule has 5 heteroatoms. The lowest BCUT2D eigenvalue weighted by Crippen LogP contribution is -2.24. The standard InChI is InChI=1S/C14H17NO4/c1-15(13(16)17)9-10-2-3-12-11(8-10)4-5-14(12)18-6-7-19-14/h2-3,8H,4-7,9H2,1H3,(H,16,17). The molecule has 1 fully saturated rings. The van der Waals surface area contributed by atoms with Crippen molar-refractivity contribution in [2.75, 3.05) is 20.3 Å². The molecule has 1 N–H and O–H groups in total. The number of hydrogen-bond acceptors (Lipinski definition) is 3. The molecule has 3 rings (SSSR count). The molecule has 0 unspecified atom stereocenters. The molecule has 1 aliphatic heterocycles. The van der Waals surface area contributed by atoms with Crippen molar-refractivity contribution in [3.05, 3.63) is 34.9 Å². The summed E-state index contributed by atoms with van der Waals surface area (Å²) in [5.74, 6) is -0.535. The number of hydrogen-bond donors (Lipinski definition) is 1. The Morgan fingerprint density at radius 3 is 2.84 bits per heavy atom. The van der Waals surface area contributed by atoms with Crippen LogP contribution in [0.4, 0.5) is 4.79 Å². The summed E-state index contributed by atoms with van der Waals surface area (Å²) < 4.78 is 11.5. The van der Waals surface area contributed by atoms with Crippen molar-refractivity contribution in [3.63, 3.8) is 0 Å². The van der Waals surface area contributed by atoms with Gasteiger partial charge in [0.25, 0.3) is 0 Å². The van der Waals surface area contributed by atoms with Crippen LogP contribution < -0.4 is 0 Å². The summed E-state index contributed by atoms with van der Waals surface area (Å²) in [5, 5.41) is 8.89. The first-order chi connectivity index (χ1) is 9.11. The predicted molar refractivity (Wildman–Crippen MR) is 67.8 cm³/mol. The molecule has 0 bridgehead atoms. The maximum atomic E-state index is 10.8. The van der Waals surface area contributed by atoms with E-state index in [9.17, 15) is 4.79 Å². The van der Waals surface area contributed by atoms with Gasteiger partial charge in [0.1, 0.15) is 0 Å². The van der Waals surface area contributed by atoms with Gasteiger partial charge in [-0.25, -0.2) is 4.79 Å². The second kappa shape index (κ2) is 4.51. The maximum absolute atomic E-state index is 10.8. The third kappa shape index (κ3) is 2.09. The Kier molecular flexibility index (Phi) is 2.95. The number of carbonyl (C=O) groups is 1. The number of carboxylic acid groups (broad SMARTS) is 1. The largest absolute Gasteiger partial charge is 0.465 e. The van der Waals surface area contributed by atoms with Gasteiger partial charge in [-0.3, -0.25) is 0 Å². The van der Waals surface area contributed by atoms with Crippen LogP contribution >= 0.6 is 0 Å². The zero-order valence-corrected chi connectivity index (χ0v) is 10.9. The molecule has 102 valence electrons. The summed E-state index contributed by atoms with van der Waals surface area (Å²) >= 11 is 0. The minimum Gasteiger partial charge on any atom is -0.465 e. The molecule has 0 atom stereocenters. The molecule has 5 nitrogen and oxygen atoms in total. The molecule has 1 amide bonds. The van der Waals surface area contributed by atoms with Gasteiger partial charge in [-0.1, -0.05) is 18.2 Å². The monoisotopic (exact) mass is 263 g/mol. The minimum atomic E-state index is -0.917. The van der Waals surface area contributed by atoms with Gasteiger partial charge in [0, 0.05) is 25.6 Å². The smallest absolute Gasteiger partial charge is 0.407 e. The topological polar surface area (TPSA) is 59.0 Å². The fourth-order valence-electron chi connectivity index (χ4n) is 2.85. The number of amides is 1. The van der Waals surface area contributed by atoms with Crippen LogP contribution in [0.3, 0.4) is 0 Å². The van der Waals surface area contributed by atoms with Crippen LogP contribution in [0.1, 0.15) is 23.1 Å². The molecule has 1 saturated heterocycles. The quantitative estimate of drug-likeness (QED) is 0.886. The van der Waals surface area contributed by atoms with E-state index in [2.05, 4.69) is 6.07 Å². The lowest BCUT2D eigenvalue weighted by atomic mass is 10.0. The highest BCUT2D eigenvalue weighted by atomic mass is 16.7. The van der Waals surface area contributed by atoms with Crippen LogP contribution in [0.25, 0.3) is 0 Å². The number of fused-ring (bicyclic) bond motifs is 2. The van der Waals surface area contributed by atoms with Gasteiger partial charge in [-0.05, 0) is 17.5 Å². The zero-order chi connectivity index (χ0) is 13.5. The van der Waals surface area contributed by atoms with Crippen molar-refractivity contribution in [3.8, 4) is 0 Å². The van der Waals surface area contributed by atoms with Crippen LogP contribution in [-0.4, -0.2) is 36.4 Å². The second-order valence-corrected chi connectivity index (χ2v) is 5.08. The van der Waals surface area contributed by atoms with Crippen LogP contribution in [0, 0.1) is 0 Å². The Bertz CT molecular complexity index is 508. The summed E-state index contributed by atoms with van der Waals surface area (Å²) in [6.45, 7) is 1.68. The molecule has 2 aliphatic rings. The van der Waals surface area contributed by atoms with Crippen LogP contribution in [0.15, 0.2) is 18.2 Å². The van der Waals surface area contributed by atoms with Gasteiger partial charge in [0.15, 0.2) is 5.79 Å². The Hall–Kier alpha value is -1.59. The summed E-state index contributed by atoms with van der Waals surface area (Å²) in [6, 6.07) is 6.03. The number of benzene rings is 1. The van der Waals surface area contributed by atoms with E-state index in [4.69, 9.17) is 14.6 Å². The van der Waals surface area contributed by atoms with E-state index in [1.807, 2.05) is 12.1 Å². The van der Waals surface area contributed by atoms with E-state index >= 15 is 0 Å². The van der Waals surface area contributed by atoms with Gasteiger partial charge in [-0.2, -0.15) is 0 Å². The summed E-state index contributed by atoms with van der Waals surface area (Å²) in [5.41, 5.74) is 3.31. The van der Waals surface area contributed by atoms with Gasteiger partial charge in [0.2, 0.25) is 0 Å². The van der Waals surface area contributed by atoms with Gasteiger partial charge >= 0.3 is 6.09 Å². The van der Waals surface area contributed by atoms with Crippen molar-refractivity contribution in [1.29, 1.82) is 0 Å². The molecule has 0 radical (unpaired) electrons. The zero-order valence-electron chi connectivity index (χ0n) is 10.9. The molecule has 1 heterocycles. The molecule has 0 aromatic heterocycles. The van der Waals surface area contributed by atoms with Gasteiger partial charge < -0.3 is 19.5 Å². The third-order valence-electron chi connectivity index (χ3n) is 3.80. The van der Waals surface area contributed by atoms with E-state index < -0.39 is 11.9 Å². The lowest BCUT2D eigenvalue weighted by Gasteiger charge is -2.23. The second-order valence-electron chi connectivity index (χ2n) is 5.08. The van der Waals surface area contributed by atoms with Gasteiger partial charge in [0.05, 0.1) is 13.2 Å². The molecular weight excluding hydrogens is 246 g/mol. The Labute approximate surface area is 111 Å². The summed E-state index contributed by atoms with van der Waals surface area (Å²) in [4.78, 5) is 12.1. The minimum absolute atomic E-state index is 0.400. The molecule has 1 aliphatic carbocycles. The van der Waals surface area contributed by atoms with E-state index in [0.29, 0.717) is 19.8 Å². The Morgan fingerprint density at radius 1 is 1.42 bits per heavy atom. The van der Waals surface area contributed by atoms with Gasteiger partial charge in [-0.15, -0.1) is 0 Å². The number of ether oxygens (including phenoxy) is 2. The Balaban J connectivity index is 1.84. The van der Waals surface area contributed by atoms with Crippen LogP contribution in [0.5, 0.6) is 0 Å². The van der Waals surface area contributed by atoms with Crippen LogP contribution in [-0.2, 0) is 28.2 Å². The van der Waals surface area contributed by atoms with Crippen molar-refractivity contribution in [2.45, 2.75) is 25.2 Å². The summed E-state index contributed by atoms with van der Waals surface area (Å²) in [7, 11) is 1.57. The van der Waals surface area contributed by atoms with Crippen molar-refractivity contribution in [2.24, 2.45) is 0 Å². The normalized spacial score (nSPS) is 19.6. The SMILES string of the molecule is CN(Cc1ccc2c(c1)CCC21OCCO1)C(=O)O. The average molecular weight is 263 g/mol. The number of aryl methyl sites for hydroxylation is 1. The molecule has 19 heavy (non-hydrogen) atoms. The molecule has 1 aromatic rings. The maximum Gasteiger partial charge on any atom is 0.407 e. The first kappa shape index (κ1) is 12.4. The highest BCUT2D eigenvalue weighted by Crippen LogP contribution is 2.43. The van der Waals surface area contributed by atoms with E-state index in [-0.39, 0.29) is 0 Å². The molecule has 0 saturated carbocycles. The fraction of sp³-hybridized carbons (Fsp3) is 0.500. The van der Waals surface area contributed by atoms with Crippen molar-refractivity contribution in [1.82, 2.24) is 4.90 Å².